The maximum absolute atomic E-state index is 12.7. The molecule has 4 rings (SSSR count). The highest BCUT2D eigenvalue weighted by Crippen LogP contribution is 2.35. The number of benzene rings is 4. The molecule has 4 heteroatoms. The summed E-state index contributed by atoms with van der Waals surface area (Å²) < 4.78 is 0. The molecule has 0 aliphatic carbocycles. The molecule has 0 bridgehead atoms. The van der Waals surface area contributed by atoms with Crippen LogP contribution in [0.1, 0.15) is 22.7 Å². The minimum atomic E-state index is -0.488. The average Bonchev–Trinajstić information content (AvgIpc) is 2.78. The molecule has 0 fully saturated rings. The summed E-state index contributed by atoms with van der Waals surface area (Å²) >= 11 is 0. The van der Waals surface area contributed by atoms with Crippen molar-refractivity contribution in [1.82, 2.24) is 10.6 Å². The van der Waals surface area contributed by atoms with Crippen molar-refractivity contribution >= 4 is 16.8 Å². The summed E-state index contributed by atoms with van der Waals surface area (Å²) in [5.74, 6) is 0.154. The van der Waals surface area contributed by atoms with Crippen LogP contribution in [-0.4, -0.2) is 11.1 Å². The van der Waals surface area contributed by atoms with Crippen molar-refractivity contribution in [2.75, 3.05) is 0 Å². The zero-order chi connectivity index (χ0) is 20.1. The topological polar surface area (TPSA) is 61.4 Å². The number of nitrogens with one attached hydrogen (secondary N) is 2. The van der Waals surface area contributed by atoms with Crippen LogP contribution in [-0.2, 0) is 6.54 Å². The van der Waals surface area contributed by atoms with Crippen LogP contribution in [0.15, 0.2) is 97.1 Å². The van der Waals surface area contributed by atoms with Gasteiger partial charge in [-0.2, -0.15) is 0 Å². The van der Waals surface area contributed by atoms with E-state index in [-0.39, 0.29) is 11.8 Å². The van der Waals surface area contributed by atoms with Crippen LogP contribution < -0.4 is 10.6 Å². The Morgan fingerprint density at radius 2 is 1.45 bits per heavy atom. The van der Waals surface area contributed by atoms with E-state index in [0.717, 1.165) is 21.9 Å². The number of amides is 2. The Hall–Kier alpha value is -3.79. The van der Waals surface area contributed by atoms with E-state index in [1.165, 1.54) is 0 Å². The van der Waals surface area contributed by atoms with Gasteiger partial charge in [-0.25, -0.2) is 4.79 Å². The first-order chi connectivity index (χ1) is 14.2. The Morgan fingerprint density at radius 1 is 0.793 bits per heavy atom. The molecule has 4 aromatic rings. The largest absolute Gasteiger partial charge is 0.508 e. The van der Waals surface area contributed by atoms with Crippen molar-refractivity contribution in [3.05, 3.63) is 114 Å². The molecule has 0 saturated heterocycles. The second kappa shape index (κ2) is 8.48. The van der Waals surface area contributed by atoms with E-state index in [0.29, 0.717) is 12.1 Å². The molecule has 0 aliphatic heterocycles. The minimum Gasteiger partial charge on any atom is -0.508 e. The Morgan fingerprint density at radius 3 is 2.21 bits per heavy atom. The number of hydrogen-bond donors (Lipinski definition) is 3. The first kappa shape index (κ1) is 18.6. The number of hydrogen-bond acceptors (Lipinski definition) is 2. The smallest absolute Gasteiger partial charge is 0.315 e. The van der Waals surface area contributed by atoms with Crippen molar-refractivity contribution in [2.45, 2.75) is 12.6 Å². The number of aromatic hydroxyl groups is 1. The van der Waals surface area contributed by atoms with Gasteiger partial charge < -0.3 is 15.7 Å². The third-order valence-corrected chi connectivity index (χ3v) is 4.94. The van der Waals surface area contributed by atoms with E-state index in [2.05, 4.69) is 10.6 Å². The maximum Gasteiger partial charge on any atom is 0.315 e. The third kappa shape index (κ3) is 4.22. The maximum atomic E-state index is 12.7. The lowest BCUT2D eigenvalue weighted by atomic mass is 9.93. The quantitative estimate of drug-likeness (QED) is 0.448. The number of phenols is 1. The number of phenolic OH excluding ortho intramolecular Hbond substituents is 1. The second-order valence-electron chi connectivity index (χ2n) is 6.88. The van der Waals surface area contributed by atoms with E-state index in [9.17, 15) is 9.90 Å². The van der Waals surface area contributed by atoms with Crippen LogP contribution >= 0.6 is 0 Å². The van der Waals surface area contributed by atoms with Crippen LogP contribution in [0, 0.1) is 0 Å². The van der Waals surface area contributed by atoms with Crippen LogP contribution in [0.2, 0.25) is 0 Å². The summed E-state index contributed by atoms with van der Waals surface area (Å²) in [6.07, 6.45) is 0. The Bertz CT molecular complexity index is 1110. The van der Waals surface area contributed by atoms with E-state index in [4.69, 9.17) is 0 Å². The molecule has 0 unspecified atom stereocenters. The van der Waals surface area contributed by atoms with Crippen molar-refractivity contribution in [3.8, 4) is 5.75 Å². The molecule has 4 nitrogen and oxygen atoms in total. The number of fused-ring (bicyclic) bond motifs is 1. The van der Waals surface area contributed by atoms with Crippen LogP contribution in [0.4, 0.5) is 4.79 Å². The highest BCUT2D eigenvalue weighted by molar-refractivity contribution is 5.89. The van der Waals surface area contributed by atoms with Gasteiger partial charge in [0.1, 0.15) is 5.75 Å². The second-order valence-corrected chi connectivity index (χ2v) is 6.88. The van der Waals surface area contributed by atoms with Gasteiger partial charge in [0, 0.05) is 12.1 Å². The summed E-state index contributed by atoms with van der Waals surface area (Å²) in [6, 6.07) is 30.0. The first-order valence-corrected chi connectivity index (χ1v) is 9.56. The summed E-state index contributed by atoms with van der Waals surface area (Å²) in [7, 11) is 0. The molecule has 144 valence electrons. The highest BCUT2D eigenvalue weighted by Gasteiger charge is 2.22. The number of urea groups is 1. The summed E-state index contributed by atoms with van der Waals surface area (Å²) in [5, 5.41) is 18.6. The fraction of sp³-hybridized carbons (Fsp3) is 0.0800. The molecule has 0 saturated carbocycles. The average molecular weight is 382 g/mol. The van der Waals surface area contributed by atoms with Crippen LogP contribution in [0.25, 0.3) is 10.8 Å². The fourth-order valence-electron chi connectivity index (χ4n) is 3.52. The number of rotatable bonds is 5. The van der Waals surface area contributed by atoms with E-state index in [1.54, 1.807) is 6.07 Å². The molecule has 4 aromatic carbocycles. The Balaban J connectivity index is 1.67. The van der Waals surface area contributed by atoms with Gasteiger partial charge in [0.2, 0.25) is 0 Å². The van der Waals surface area contributed by atoms with E-state index >= 15 is 0 Å². The minimum absolute atomic E-state index is 0.154. The molecule has 3 N–H and O–H groups in total. The van der Waals surface area contributed by atoms with E-state index in [1.807, 2.05) is 91.0 Å². The van der Waals surface area contributed by atoms with Gasteiger partial charge in [0.05, 0.1) is 6.04 Å². The van der Waals surface area contributed by atoms with Gasteiger partial charge in [-0.3, -0.25) is 0 Å². The summed E-state index contributed by atoms with van der Waals surface area (Å²) in [5.41, 5.74) is 2.60. The predicted molar refractivity (Wildman–Crippen MR) is 116 cm³/mol. The summed E-state index contributed by atoms with van der Waals surface area (Å²) in [6.45, 7) is 0.426. The van der Waals surface area contributed by atoms with Crippen LogP contribution in [0.3, 0.4) is 0 Å². The van der Waals surface area contributed by atoms with Gasteiger partial charge in [-0.05, 0) is 28.0 Å². The van der Waals surface area contributed by atoms with Gasteiger partial charge in [-0.1, -0.05) is 91.0 Å². The lowest BCUT2D eigenvalue weighted by molar-refractivity contribution is 0.238. The van der Waals surface area contributed by atoms with E-state index < -0.39 is 6.04 Å². The van der Waals surface area contributed by atoms with Crippen molar-refractivity contribution in [1.29, 1.82) is 0 Å². The first-order valence-electron chi connectivity index (χ1n) is 9.56. The fourth-order valence-corrected chi connectivity index (χ4v) is 3.52. The molecule has 0 aromatic heterocycles. The standard InChI is InChI=1S/C25H22N2O2/c28-22-16-15-19-11-7-8-14-21(19)23(22)24(20-12-5-2-6-13-20)27-25(29)26-17-18-9-3-1-4-10-18/h1-16,24,28H,17H2,(H2,26,27,29)/t24-/m1/s1. The highest BCUT2D eigenvalue weighted by atomic mass is 16.3. The molecule has 0 aliphatic rings. The molecule has 0 radical (unpaired) electrons. The Kier molecular flexibility index (Phi) is 5.43. The molecule has 0 spiro atoms. The molecule has 2 amide bonds. The number of carbonyl (C=O) groups excluding carboxylic acids is 1. The normalized spacial score (nSPS) is 11.7. The zero-order valence-corrected chi connectivity index (χ0v) is 15.9. The molecule has 1 atom stereocenters. The third-order valence-electron chi connectivity index (χ3n) is 4.94. The van der Waals surface area contributed by atoms with Crippen molar-refractivity contribution in [2.24, 2.45) is 0 Å². The van der Waals surface area contributed by atoms with Gasteiger partial charge in [0.15, 0.2) is 0 Å². The lowest BCUT2D eigenvalue weighted by Gasteiger charge is -2.23. The molecular weight excluding hydrogens is 360 g/mol. The molecule has 29 heavy (non-hydrogen) atoms. The van der Waals surface area contributed by atoms with Gasteiger partial charge >= 0.3 is 6.03 Å². The zero-order valence-electron chi connectivity index (χ0n) is 15.9. The van der Waals surface area contributed by atoms with Crippen molar-refractivity contribution in [3.63, 3.8) is 0 Å². The van der Waals surface area contributed by atoms with Gasteiger partial charge in [0.25, 0.3) is 0 Å². The molecular formula is C25H22N2O2. The lowest BCUT2D eigenvalue weighted by Crippen LogP contribution is -2.38. The predicted octanol–water partition coefficient (Wildman–Crippen LogP) is 5.13. The number of carbonyl (C=O) groups is 1. The molecule has 0 heterocycles. The summed E-state index contributed by atoms with van der Waals surface area (Å²) in [4.78, 5) is 12.7. The van der Waals surface area contributed by atoms with Crippen LogP contribution in [0.5, 0.6) is 5.75 Å². The van der Waals surface area contributed by atoms with Crippen molar-refractivity contribution < 1.29 is 9.90 Å². The van der Waals surface area contributed by atoms with Gasteiger partial charge in [-0.15, -0.1) is 0 Å². The SMILES string of the molecule is O=C(NCc1ccccc1)N[C@H](c1ccccc1)c1c(O)ccc2ccccc12. The Labute approximate surface area is 169 Å². The monoisotopic (exact) mass is 382 g/mol.